The molecule has 0 saturated carbocycles. The van der Waals surface area contributed by atoms with Gasteiger partial charge in [0.05, 0.1) is 16.5 Å². The van der Waals surface area contributed by atoms with E-state index in [2.05, 4.69) is 49.6 Å². The van der Waals surface area contributed by atoms with Crippen LogP contribution in [0.15, 0.2) is 48.5 Å². The highest BCUT2D eigenvalue weighted by Gasteiger charge is 2.42. The summed E-state index contributed by atoms with van der Waals surface area (Å²) in [5.74, 6) is -0.322. The Morgan fingerprint density at radius 1 is 0.889 bits per heavy atom. The monoisotopic (exact) mass is 361 g/mol. The zero-order valence-electron chi connectivity index (χ0n) is 16.2. The standard InChI is InChI=1S/C23H25N2O2/c1-16-23(2,3)19-12-6-7-13-20(19)24(16)14-8-9-15-25-21(26)17-10-4-5-11-18(17)22(25)27/h4-7,10-13H,8-9,14-15H2,1-3H3/q+1. The van der Waals surface area contributed by atoms with Gasteiger partial charge in [-0.25, -0.2) is 0 Å². The molecule has 0 fully saturated rings. The number of amides is 2. The van der Waals surface area contributed by atoms with Crippen LogP contribution in [0.3, 0.4) is 0 Å². The van der Waals surface area contributed by atoms with Crippen LogP contribution in [0, 0.1) is 0 Å². The molecule has 2 aliphatic rings. The van der Waals surface area contributed by atoms with Gasteiger partial charge in [0.2, 0.25) is 5.69 Å². The Labute approximate surface area is 160 Å². The van der Waals surface area contributed by atoms with E-state index in [4.69, 9.17) is 0 Å². The molecule has 0 aromatic heterocycles. The molecule has 0 bridgehead atoms. The number of carbonyl (C=O) groups excluding carboxylic acids is 2. The number of hydrogen-bond donors (Lipinski definition) is 0. The van der Waals surface area contributed by atoms with Crippen molar-refractivity contribution in [2.24, 2.45) is 0 Å². The van der Waals surface area contributed by atoms with Gasteiger partial charge in [-0.1, -0.05) is 30.3 Å². The Bertz CT molecular complexity index is 937. The van der Waals surface area contributed by atoms with E-state index in [0.717, 1.165) is 19.4 Å². The molecule has 2 aliphatic heterocycles. The average molecular weight is 361 g/mol. The van der Waals surface area contributed by atoms with E-state index < -0.39 is 0 Å². The molecule has 138 valence electrons. The first-order valence-corrected chi connectivity index (χ1v) is 9.59. The Hall–Kier alpha value is -2.75. The third kappa shape index (κ3) is 2.71. The molecular formula is C23H25N2O2+. The molecule has 0 spiro atoms. The predicted octanol–water partition coefficient (Wildman–Crippen LogP) is 4.16. The summed E-state index contributed by atoms with van der Waals surface area (Å²) in [5, 5.41) is 0. The van der Waals surface area contributed by atoms with Gasteiger partial charge in [0.1, 0.15) is 6.54 Å². The largest absolute Gasteiger partial charge is 0.274 e. The fraction of sp³-hybridized carbons (Fsp3) is 0.348. The Kier molecular flexibility index (Phi) is 4.22. The number of rotatable bonds is 5. The van der Waals surface area contributed by atoms with Crippen molar-refractivity contribution < 1.29 is 14.2 Å². The van der Waals surface area contributed by atoms with E-state index in [9.17, 15) is 9.59 Å². The van der Waals surface area contributed by atoms with Crippen LogP contribution in [-0.4, -0.2) is 40.1 Å². The third-order valence-electron chi connectivity index (χ3n) is 6.07. The molecule has 2 aromatic carbocycles. The summed E-state index contributed by atoms with van der Waals surface area (Å²) < 4.78 is 2.39. The zero-order valence-corrected chi connectivity index (χ0v) is 16.2. The summed E-state index contributed by atoms with van der Waals surface area (Å²) in [6, 6.07) is 15.6. The molecule has 0 aliphatic carbocycles. The van der Waals surface area contributed by atoms with Crippen LogP contribution < -0.4 is 0 Å². The fourth-order valence-electron chi connectivity index (χ4n) is 4.22. The van der Waals surface area contributed by atoms with Crippen LogP contribution in [-0.2, 0) is 5.41 Å². The molecule has 2 aromatic rings. The van der Waals surface area contributed by atoms with Gasteiger partial charge in [-0.3, -0.25) is 14.5 Å². The quantitative estimate of drug-likeness (QED) is 0.456. The van der Waals surface area contributed by atoms with Crippen molar-refractivity contribution in [1.29, 1.82) is 0 Å². The van der Waals surface area contributed by atoms with Gasteiger partial charge in [0, 0.05) is 31.5 Å². The van der Waals surface area contributed by atoms with Crippen LogP contribution in [0.1, 0.15) is 59.9 Å². The second kappa shape index (κ2) is 6.45. The lowest BCUT2D eigenvalue weighted by Gasteiger charge is -2.14. The lowest BCUT2D eigenvalue weighted by molar-refractivity contribution is -0.439. The number of carbonyl (C=O) groups is 2. The minimum Gasteiger partial charge on any atom is -0.274 e. The lowest BCUT2D eigenvalue weighted by Crippen LogP contribution is -2.31. The molecule has 27 heavy (non-hydrogen) atoms. The first kappa shape index (κ1) is 17.7. The highest BCUT2D eigenvalue weighted by Crippen LogP contribution is 2.39. The highest BCUT2D eigenvalue weighted by molar-refractivity contribution is 6.21. The van der Waals surface area contributed by atoms with Gasteiger partial charge in [-0.15, -0.1) is 0 Å². The van der Waals surface area contributed by atoms with E-state index in [1.54, 1.807) is 24.3 Å². The molecule has 0 radical (unpaired) electrons. The van der Waals surface area contributed by atoms with Gasteiger partial charge >= 0.3 is 0 Å². The SMILES string of the molecule is CC1=[N+](CCCCN2C(=O)c3ccccc3C2=O)c2ccccc2C1(C)C. The summed E-state index contributed by atoms with van der Waals surface area (Å²) >= 11 is 0. The van der Waals surface area contributed by atoms with E-state index in [1.807, 2.05) is 0 Å². The highest BCUT2D eigenvalue weighted by atomic mass is 16.2. The fourth-order valence-corrected chi connectivity index (χ4v) is 4.22. The maximum atomic E-state index is 12.4. The molecule has 4 nitrogen and oxygen atoms in total. The molecule has 2 amide bonds. The van der Waals surface area contributed by atoms with E-state index >= 15 is 0 Å². The topological polar surface area (TPSA) is 40.4 Å². The first-order chi connectivity index (χ1) is 12.9. The van der Waals surface area contributed by atoms with Gasteiger partial charge in [-0.2, -0.15) is 4.58 Å². The first-order valence-electron chi connectivity index (χ1n) is 9.59. The van der Waals surface area contributed by atoms with E-state index in [0.29, 0.717) is 17.7 Å². The molecular weight excluding hydrogens is 336 g/mol. The molecule has 0 unspecified atom stereocenters. The second-order valence-electron chi connectivity index (χ2n) is 7.89. The van der Waals surface area contributed by atoms with Crippen LogP contribution in [0.25, 0.3) is 0 Å². The summed E-state index contributed by atoms with van der Waals surface area (Å²) in [6.45, 7) is 8.10. The maximum absolute atomic E-state index is 12.4. The number of nitrogens with zero attached hydrogens (tertiary/aromatic N) is 2. The van der Waals surface area contributed by atoms with Crippen LogP contribution in [0.4, 0.5) is 5.69 Å². The number of para-hydroxylation sites is 1. The number of imide groups is 1. The minimum absolute atomic E-state index is 0.0408. The van der Waals surface area contributed by atoms with Crippen LogP contribution in [0.5, 0.6) is 0 Å². The van der Waals surface area contributed by atoms with E-state index in [1.165, 1.54) is 21.9 Å². The van der Waals surface area contributed by atoms with Crippen molar-refractivity contribution >= 4 is 23.2 Å². The van der Waals surface area contributed by atoms with Gasteiger partial charge < -0.3 is 0 Å². The van der Waals surface area contributed by atoms with Gasteiger partial charge in [0.25, 0.3) is 11.8 Å². The number of unbranched alkanes of at least 4 members (excludes halogenated alkanes) is 1. The molecule has 2 heterocycles. The predicted molar refractivity (Wildman–Crippen MR) is 106 cm³/mol. The molecule has 0 saturated heterocycles. The number of hydrogen-bond acceptors (Lipinski definition) is 2. The van der Waals surface area contributed by atoms with Crippen molar-refractivity contribution in [2.45, 2.75) is 39.0 Å². The second-order valence-corrected chi connectivity index (χ2v) is 7.89. The Morgan fingerprint density at radius 2 is 1.48 bits per heavy atom. The normalized spacial score (nSPS) is 17.5. The Morgan fingerprint density at radius 3 is 2.15 bits per heavy atom. The molecule has 4 rings (SSSR count). The number of fused-ring (bicyclic) bond motifs is 2. The maximum Gasteiger partial charge on any atom is 0.261 e. The molecule has 4 heteroatoms. The van der Waals surface area contributed by atoms with Crippen LogP contribution >= 0.6 is 0 Å². The van der Waals surface area contributed by atoms with Crippen molar-refractivity contribution in [3.05, 3.63) is 65.2 Å². The summed E-state index contributed by atoms with van der Waals surface area (Å²) in [4.78, 5) is 26.3. The van der Waals surface area contributed by atoms with Crippen LogP contribution in [0.2, 0.25) is 0 Å². The summed E-state index contributed by atoms with van der Waals surface area (Å²) in [5.41, 5.74) is 5.09. The minimum atomic E-state index is -0.161. The summed E-state index contributed by atoms with van der Waals surface area (Å²) in [7, 11) is 0. The van der Waals surface area contributed by atoms with Crippen molar-refractivity contribution in [1.82, 2.24) is 4.90 Å². The third-order valence-corrected chi connectivity index (χ3v) is 6.07. The smallest absolute Gasteiger partial charge is 0.261 e. The van der Waals surface area contributed by atoms with E-state index in [-0.39, 0.29) is 17.2 Å². The molecule has 0 atom stereocenters. The lowest BCUT2D eigenvalue weighted by atomic mass is 9.82. The number of benzene rings is 2. The van der Waals surface area contributed by atoms with Crippen molar-refractivity contribution in [2.75, 3.05) is 13.1 Å². The van der Waals surface area contributed by atoms with Gasteiger partial charge in [0.15, 0.2) is 5.71 Å². The Balaban J connectivity index is 1.41. The average Bonchev–Trinajstić information content (AvgIpc) is 3.03. The zero-order chi connectivity index (χ0) is 19.2. The molecule has 0 N–H and O–H groups in total. The van der Waals surface area contributed by atoms with Gasteiger partial charge in [-0.05, 0) is 32.4 Å². The summed E-state index contributed by atoms with van der Waals surface area (Å²) in [6.07, 6.45) is 1.73. The van der Waals surface area contributed by atoms with Crippen molar-refractivity contribution in [3.63, 3.8) is 0 Å². The van der Waals surface area contributed by atoms with Crippen molar-refractivity contribution in [3.8, 4) is 0 Å².